The quantitative estimate of drug-likeness (QED) is 0.908. The standard InChI is InChI=1S/C12H12ClFN4O/c1-2-18-11(10(15)6-16-18)12(19)17-9-4-7(13)3-8(14)5-9/h3-6H,2,15H2,1H3,(H,17,19). The zero-order valence-corrected chi connectivity index (χ0v) is 10.9. The summed E-state index contributed by atoms with van der Waals surface area (Å²) in [6.45, 7) is 2.34. The van der Waals surface area contributed by atoms with Crippen LogP contribution in [0.25, 0.3) is 0 Å². The third-order valence-corrected chi connectivity index (χ3v) is 2.72. The third-order valence-electron chi connectivity index (χ3n) is 2.50. The molecular formula is C12H12ClFN4O. The lowest BCUT2D eigenvalue weighted by Gasteiger charge is -2.08. The maximum atomic E-state index is 13.2. The van der Waals surface area contributed by atoms with Gasteiger partial charge in [-0.15, -0.1) is 0 Å². The van der Waals surface area contributed by atoms with Gasteiger partial charge in [0.05, 0.1) is 11.9 Å². The second kappa shape index (κ2) is 5.27. The summed E-state index contributed by atoms with van der Waals surface area (Å²) < 4.78 is 14.6. The van der Waals surface area contributed by atoms with E-state index in [1.165, 1.54) is 23.0 Å². The van der Waals surface area contributed by atoms with Crippen LogP contribution in [0.5, 0.6) is 0 Å². The first-order valence-electron chi connectivity index (χ1n) is 5.60. The molecule has 0 bridgehead atoms. The molecule has 7 heteroatoms. The molecule has 0 saturated heterocycles. The molecule has 0 saturated carbocycles. The maximum Gasteiger partial charge on any atom is 0.276 e. The first kappa shape index (κ1) is 13.4. The van der Waals surface area contributed by atoms with Crippen molar-refractivity contribution in [2.45, 2.75) is 13.5 Å². The number of nitrogens with one attached hydrogen (secondary N) is 1. The molecule has 100 valence electrons. The smallest absolute Gasteiger partial charge is 0.276 e. The minimum Gasteiger partial charge on any atom is -0.396 e. The predicted molar refractivity (Wildman–Crippen MR) is 71.7 cm³/mol. The van der Waals surface area contributed by atoms with Crippen molar-refractivity contribution in [3.8, 4) is 0 Å². The van der Waals surface area contributed by atoms with Crippen LogP contribution in [0.1, 0.15) is 17.4 Å². The number of hydrogen-bond acceptors (Lipinski definition) is 3. The highest BCUT2D eigenvalue weighted by atomic mass is 35.5. The largest absolute Gasteiger partial charge is 0.396 e. The summed E-state index contributed by atoms with van der Waals surface area (Å²) in [6.07, 6.45) is 1.40. The van der Waals surface area contributed by atoms with E-state index in [1.54, 1.807) is 0 Å². The minimum atomic E-state index is -0.528. The fraction of sp³-hybridized carbons (Fsp3) is 0.167. The first-order valence-corrected chi connectivity index (χ1v) is 5.97. The Morgan fingerprint density at radius 3 is 2.89 bits per heavy atom. The number of carbonyl (C=O) groups is 1. The van der Waals surface area contributed by atoms with Crippen molar-refractivity contribution in [1.29, 1.82) is 0 Å². The van der Waals surface area contributed by atoms with Gasteiger partial charge in [0.1, 0.15) is 11.5 Å². The zero-order valence-electron chi connectivity index (χ0n) is 10.2. The fourth-order valence-corrected chi connectivity index (χ4v) is 1.93. The normalized spacial score (nSPS) is 10.5. The van der Waals surface area contributed by atoms with Gasteiger partial charge in [-0.3, -0.25) is 9.48 Å². The Bertz CT molecular complexity index is 606. The summed E-state index contributed by atoms with van der Waals surface area (Å²) >= 11 is 5.71. The van der Waals surface area contributed by atoms with Gasteiger partial charge in [-0.25, -0.2) is 4.39 Å². The second-order valence-electron chi connectivity index (χ2n) is 3.88. The molecule has 2 aromatic rings. The van der Waals surface area contributed by atoms with E-state index >= 15 is 0 Å². The van der Waals surface area contributed by atoms with E-state index in [-0.39, 0.29) is 22.1 Å². The Labute approximate surface area is 114 Å². The molecule has 3 N–H and O–H groups in total. The van der Waals surface area contributed by atoms with E-state index in [9.17, 15) is 9.18 Å². The van der Waals surface area contributed by atoms with Crippen molar-refractivity contribution in [2.24, 2.45) is 0 Å². The summed E-state index contributed by atoms with van der Waals surface area (Å²) in [5.74, 6) is -0.988. The van der Waals surface area contributed by atoms with E-state index in [0.717, 1.165) is 6.07 Å². The van der Waals surface area contributed by atoms with Gasteiger partial charge in [0.25, 0.3) is 5.91 Å². The lowest BCUT2D eigenvalue weighted by atomic mass is 10.3. The van der Waals surface area contributed by atoms with Crippen LogP contribution in [0.2, 0.25) is 5.02 Å². The molecule has 2 rings (SSSR count). The number of hydrogen-bond donors (Lipinski definition) is 2. The number of carbonyl (C=O) groups excluding carboxylic acids is 1. The molecule has 0 aliphatic heterocycles. The van der Waals surface area contributed by atoms with Crippen LogP contribution in [-0.2, 0) is 6.54 Å². The lowest BCUT2D eigenvalue weighted by Crippen LogP contribution is -2.18. The van der Waals surface area contributed by atoms with Crippen molar-refractivity contribution in [1.82, 2.24) is 9.78 Å². The molecule has 1 aromatic carbocycles. The van der Waals surface area contributed by atoms with Crippen LogP contribution in [0.3, 0.4) is 0 Å². The van der Waals surface area contributed by atoms with Gasteiger partial charge in [-0.05, 0) is 25.1 Å². The summed E-state index contributed by atoms with van der Waals surface area (Å²) in [7, 11) is 0. The molecule has 0 unspecified atom stereocenters. The van der Waals surface area contributed by atoms with Gasteiger partial charge in [0.15, 0.2) is 0 Å². The molecule has 19 heavy (non-hydrogen) atoms. The van der Waals surface area contributed by atoms with Crippen LogP contribution in [0.15, 0.2) is 24.4 Å². The second-order valence-corrected chi connectivity index (χ2v) is 4.31. The van der Waals surface area contributed by atoms with Crippen LogP contribution < -0.4 is 11.1 Å². The summed E-state index contributed by atoms with van der Waals surface area (Å²) in [5.41, 5.74) is 6.45. The molecule has 0 aliphatic rings. The summed E-state index contributed by atoms with van der Waals surface area (Å²) in [5, 5.41) is 6.70. The van der Waals surface area contributed by atoms with Gasteiger partial charge >= 0.3 is 0 Å². The Morgan fingerprint density at radius 2 is 2.26 bits per heavy atom. The number of aryl methyl sites for hydroxylation is 1. The molecule has 1 aromatic heterocycles. The van der Waals surface area contributed by atoms with Gasteiger partial charge in [-0.2, -0.15) is 5.10 Å². The van der Waals surface area contributed by atoms with Crippen molar-refractivity contribution in [2.75, 3.05) is 11.1 Å². The van der Waals surface area contributed by atoms with E-state index in [4.69, 9.17) is 17.3 Å². The average Bonchev–Trinajstić information content (AvgIpc) is 2.68. The maximum absolute atomic E-state index is 13.2. The molecule has 0 spiro atoms. The Morgan fingerprint density at radius 1 is 1.53 bits per heavy atom. The molecule has 0 fully saturated rings. The first-order chi connectivity index (χ1) is 9.01. The topological polar surface area (TPSA) is 72.9 Å². The van der Waals surface area contributed by atoms with Crippen LogP contribution in [0.4, 0.5) is 15.8 Å². The molecule has 1 amide bonds. The van der Waals surface area contributed by atoms with E-state index in [1.807, 2.05) is 6.92 Å². The van der Waals surface area contributed by atoms with Crippen molar-refractivity contribution < 1.29 is 9.18 Å². The van der Waals surface area contributed by atoms with Gasteiger partial charge in [0.2, 0.25) is 0 Å². The van der Waals surface area contributed by atoms with Gasteiger partial charge in [-0.1, -0.05) is 11.6 Å². The highest BCUT2D eigenvalue weighted by Gasteiger charge is 2.16. The summed E-state index contributed by atoms with van der Waals surface area (Å²) in [6, 6.07) is 3.78. The monoisotopic (exact) mass is 282 g/mol. The number of amides is 1. The number of aromatic nitrogens is 2. The molecule has 0 atom stereocenters. The van der Waals surface area contributed by atoms with E-state index < -0.39 is 11.7 Å². The zero-order chi connectivity index (χ0) is 14.0. The predicted octanol–water partition coefficient (Wildman–Crippen LogP) is 2.53. The Hall–Kier alpha value is -2.08. The molecule has 5 nitrogen and oxygen atoms in total. The molecule has 1 heterocycles. The van der Waals surface area contributed by atoms with Crippen molar-refractivity contribution in [3.63, 3.8) is 0 Å². The highest BCUT2D eigenvalue weighted by Crippen LogP contribution is 2.20. The number of rotatable bonds is 3. The number of nitrogen functional groups attached to an aromatic ring is 1. The van der Waals surface area contributed by atoms with Crippen molar-refractivity contribution in [3.05, 3.63) is 40.9 Å². The van der Waals surface area contributed by atoms with Gasteiger partial charge < -0.3 is 11.1 Å². The minimum absolute atomic E-state index is 0.201. The van der Waals surface area contributed by atoms with Crippen LogP contribution in [-0.4, -0.2) is 15.7 Å². The van der Waals surface area contributed by atoms with Crippen molar-refractivity contribution >= 4 is 28.9 Å². The summed E-state index contributed by atoms with van der Waals surface area (Å²) in [4.78, 5) is 12.1. The number of halogens is 2. The number of nitrogens with zero attached hydrogens (tertiary/aromatic N) is 2. The average molecular weight is 283 g/mol. The number of nitrogens with two attached hydrogens (primary N) is 1. The van der Waals surface area contributed by atoms with Crippen LogP contribution >= 0.6 is 11.6 Å². The molecular weight excluding hydrogens is 271 g/mol. The highest BCUT2D eigenvalue weighted by molar-refractivity contribution is 6.31. The number of anilines is 2. The Kier molecular flexibility index (Phi) is 3.71. The molecule has 0 radical (unpaired) electrons. The van der Waals surface area contributed by atoms with E-state index in [0.29, 0.717) is 6.54 Å². The van der Waals surface area contributed by atoms with Crippen LogP contribution in [0, 0.1) is 5.82 Å². The third kappa shape index (κ3) is 2.85. The lowest BCUT2D eigenvalue weighted by molar-refractivity contribution is 0.101. The van der Waals surface area contributed by atoms with E-state index in [2.05, 4.69) is 10.4 Å². The number of benzene rings is 1. The van der Waals surface area contributed by atoms with Gasteiger partial charge in [0, 0.05) is 17.3 Å². The molecule has 0 aliphatic carbocycles. The Balaban J connectivity index is 2.28. The SMILES string of the molecule is CCn1ncc(N)c1C(=O)Nc1cc(F)cc(Cl)c1. The fourth-order valence-electron chi connectivity index (χ4n) is 1.70.